The first-order chi connectivity index (χ1) is 9.36. The molecular formula is C18H21N. The van der Waals surface area contributed by atoms with E-state index in [0.717, 1.165) is 0 Å². The number of nitrogens with zero attached hydrogens (tertiary/aromatic N) is 1. The minimum absolute atomic E-state index is 0.511. The summed E-state index contributed by atoms with van der Waals surface area (Å²) < 4.78 is 0. The molecule has 0 bridgehead atoms. The molecule has 1 aliphatic heterocycles. The maximum Gasteiger partial charge on any atom is 0.0413 e. The number of benzene rings is 2. The van der Waals surface area contributed by atoms with Crippen molar-refractivity contribution in [3.8, 4) is 0 Å². The summed E-state index contributed by atoms with van der Waals surface area (Å²) >= 11 is 0. The number of hydrogen-bond acceptors (Lipinski definition) is 1. The zero-order valence-electron chi connectivity index (χ0n) is 11.5. The van der Waals surface area contributed by atoms with Gasteiger partial charge in [-0.2, -0.15) is 0 Å². The van der Waals surface area contributed by atoms with Crippen LogP contribution < -0.4 is 0 Å². The predicted octanol–water partition coefficient (Wildman–Crippen LogP) is 4.24. The van der Waals surface area contributed by atoms with Crippen molar-refractivity contribution in [1.82, 2.24) is 4.90 Å². The monoisotopic (exact) mass is 251 g/mol. The zero-order valence-corrected chi connectivity index (χ0v) is 11.5. The largest absolute Gasteiger partial charge is 0.299 e. The molecule has 2 aromatic rings. The molecule has 0 N–H and O–H groups in total. The lowest BCUT2D eigenvalue weighted by atomic mass is 9.80. The number of piperidine rings is 1. The van der Waals surface area contributed by atoms with Crippen LogP contribution in [0.2, 0.25) is 0 Å². The fraction of sp³-hybridized carbons (Fsp3) is 0.333. The fourth-order valence-corrected chi connectivity index (χ4v) is 3.35. The Balaban J connectivity index is 1.97. The van der Waals surface area contributed by atoms with E-state index < -0.39 is 0 Å². The molecule has 0 spiro atoms. The van der Waals surface area contributed by atoms with Crippen LogP contribution in [-0.2, 0) is 0 Å². The van der Waals surface area contributed by atoms with Crippen molar-refractivity contribution in [1.29, 1.82) is 0 Å². The maximum atomic E-state index is 2.51. The summed E-state index contributed by atoms with van der Waals surface area (Å²) in [7, 11) is 2.26. The third-order valence-electron chi connectivity index (χ3n) is 4.25. The third-order valence-corrected chi connectivity index (χ3v) is 4.25. The lowest BCUT2D eigenvalue weighted by Gasteiger charge is -2.40. The van der Waals surface area contributed by atoms with Crippen LogP contribution in [0.15, 0.2) is 60.7 Å². The Morgan fingerprint density at radius 2 is 1.42 bits per heavy atom. The van der Waals surface area contributed by atoms with E-state index in [4.69, 9.17) is 0 Å². The molecule has 0 radical (unpaired) electrons. The Hall–Kier alpha value is -1.60. The van der Waals surface area contributed by atoms with Crippen LogP contribution in [0.3, 0.4) is 0 Å². The molecule has 1 nitrogen and oxygen atoms in total. The molecular weight excluding hydrogens is 230 g/mol. The summed E-state index contributed by atoms with van der Waals surface area (Å²) in [5, 5.41) is 0. The smallest absolute Gasteiger partial charge is 0.0413 e. The highest BCUT2D eigenvalue weighted by Crippen LogP contribution is 2.41. The average Bonchev–Trinajstić information content (AvgIpc) is 2.49. The van der Waals surface area contributed by atoms with Crippen molar-refractivity contribution in [2.45, 2.75) is 24.8 Å². The number of rotatable bonds is 2. The molecule has 2 atom stereocenters. The Morgan fingerprint density at radius 3 is 2.05 bits per heavy atom. The second kappa shape index (κ2) is 5.58. The highest BCUT2D eigenvalue weighted by molar-refractivity contribution is 5.28. The van der Waals surface area contributed by atoms with Gasteiger partial charge in [-0.25, -0.2) is 0 Å². The fourth-order valence-electron chi connectivity index (χ4n) is 3.35. The second-order valence-electron chi connectivity index (χ2n) is 5.50. The predicted molar refractivity (Wildman–Crippen MR) is 80.2 cm³/mol. The molecule has 3 rings (SSSR count). The topological polar surface area (TPSA) is 3.24 Å². The lowest BCUT2D eigenvalue weighted by molar-refractivity contribution is 0.161. The molecule has 0 aliphatic carbocycles. The van der Waals surface area contributed by atoms with Crippen molar-refractivity contribution in [3.63, 3.8) is 0 Å². The average molecular weight is 251 g/mol. The van der Waals surface area contributed by atoms with Crippen molar-refractivity contribution in [2.75, 3.05) is 13.6 Å². The number of likely N-dealkylation sites (N-methyl/N-ethyl adjacent to an activating group) is 1. The summed E-state index contributed by atoms with van der Waals surface area (Å²) in [4.78, 5) is 2.51. The van der Waals surface area contributed by atoms with E-state index in [0.29, 0.717) is 12.0 Å². The molecule has 1 fully saturated rings. The van der Waals surface area contributed by atoms with Gasteiger partial charge in [-0.1, -0.05) is 60.7 Å². The van der Waals surface area contributed by atoms with Crippen molar-refractivity contribution >= 4 is 0 Å². The highest BCUT2D eigenvalue weighted by Gasteiger charge is 2.31. The molecule has 1 saturated heterocycles. The summed E-state index contributed by atoms with van der Waals surface area (Å²) in [6.45, 7) is 1.20. The van der Waals surface area contributed by atoms with E-state index in [9.17, 15) is 0 Å². The molecule has 0 unspecified atom stereocenters. The third kappa shape index (κ3) is 2.57. The maximum absolute atomic E-state index is 2.51. The minimum Gasteiger partial charge on any atom is -0.299 e. The Kier molecular flexibility index (Phi) is 3.65. The molecule has 0 aromatic heterocycles. The van der Waals surface area contributed by atoms with Gasteiger partial charge in [-0.3, -0.25) is 4.90 Å². The van der Waals surface area contributed by atoms with E-state index in [-0.39, 0.29) is 0 Å². The highest BCUT2D eigenvalue weighted by atomic mass is 15.1. The Morgan fingerprint density at radius 1 is 0.842 bits per heavy atom. The number of hydrogen-bond donors (Lipinski definition) is 0. The van der Waals surface area contributed by atoms with E-state index in [1.807, 2.05) is 0 Å². The van der Waals surface area contributed by atoms with Gasteiger partial charge in [0.1, 0.15) is 0 Å². The first-order valence-electron chi connectivity index (χ1n) is 7.16. The van der Waals surface area contributed by atoms with Gasteiger partial charge in [0.2, 0.25) is 0 Å². The normalized spacial score (nSPS) is 24.3. The number of likely N-dealkylation sites (tertiary alicyclic amines) is 1. The van der Waals surface area contributed by atoms with E-state index in [1.165, 1.54) is 30.5 Å². The van der Waals surface area contributed by atoms with Gasteiger partial charge < -0.3 is 0 Å². The second-order valence-corrected chi connectivity index (χ2v) is 5.50. The van der Waals surface area contributed by atoms with Gasteiger partial charge in [0.25, 0.3) is 0 Å². The standard InChI is InChI=1S/C18H21N/c1-19-14-8-13-17(15-9-4-2-5-10-15)18(19)16-11-6-3-7-12-16/h2-7,9-12,17-18H,8,13-14H2,1H3/t17-,18+/m0/s1. The quantitative estimate of drug-likeness (QED) is 0.771. The van der Waals surface area contributed by atoms with Crippen LogP contribution in [0.1, 0.15) is 35.9 Å². The summed E-state index contributed by atoms with van der Waals surface area (Å²) in [5.74, 6) is 0.613. The molecule has 1 heterocycles. The molecule has 98 valence electrons. The van der Waals surface area contributed by atoms with Gasteiger partial charge in [0, 0.05) is 12.0 Å². The van der Waals surface area contributed by atoms with Gasteiger partial charge in [0.05, 0.1) is 0 Å². The van der Waals surface area contributed by atoms with Gasteiger partial charge in [-0.15, -0.1) is 0 Å². The van der Waals surface area contributed by atoms with Crippen LogP contribution in [0, 0.1) is 0 Å². The van der Waals surface area contributed by atoms with Crippen LogP contribution in [0.25, 0.3) is 0 Å². The summed E-state index contributed by atoms with van der Waals surface area (Å²) in [6.07, 6.45) is 2.58. The van der Waals surface area contributed by atoms with Crippen LogP contribution in [0.4, 0.5) is 0 Å². The molecule has 1 aliphatic rings. The Labute approximate surface area is 115 Å². The zero-order chi connectivity index (χ0) is 13.1. The van der Waals surface area contributed by atoms with Crippen molar-refractivity contribution in [3.05, 3.63) is 71.8 Å². The van der Waals surface area contributed by atoms with Crippen LogP contribution >= 0.6 is 0 Å². The SMILES string of the molecule is CN1CCC[C@@H](c2ccccc2)[C@H]1c1ccccc1. The minimum atomic E-state index is 0.511. The lowest BCUT2D eigenvalue weighted by Crippen LogP contribution is -2.34. The van der Waals surface area contributed by atoms with E-state index in [1.54, 1.807) is 0 Å². The molecule has 19 heavy (non-hydrogen) atoms. The Bertz CT molecular complexity index is 506. The van der Waals surface area contributed by atoms with Gasteiger partial charge in [0.15, 0.2) is 0 Å². The van der Waals surface area contributed by atoms with Crippen LogP contribution in [-0.4, -0.2) is 18.5 Å². The first-order valence-corrected chi connectivity index (χ1v) is 7.16. The van der Waals surface area contributed by atoms with Crippen LogP contribution in [0.5, 0.6) is 0 Å². The van der Waals surface area contributed by atoms with Crippen molar-refractivity contribution < 1.29 is 0 Å². The van der Waals surface area contributed by atoms with Crippen molar-refractivity contribution in [2.24, 2.45) is 0 Å². The first kappa shape index (κ1) is 12.4. The summed E-state index contributed by atoms with van der Waals surface area (Å²) in [5.41, 5.74) is 2.92. The van der Waals surface area contributed by atoms with E-state index in [2.05, 4.69) is 72.6 Å². The molecule has 0 amide bonds. The van der Waals surface area contributed by atoms with E-state index >= 15 is 0 Å². The summed E-state index contributed by atoms with van der Waals surface area (Å²) in [6, 6.07) is 22.4. The van der Waals surface area contributed by atoms with Gasteiger partial charge in [-0.05, 0) is 37.6 Å². The molecule has 0 saturated carbocycles. The molecule has 1 heteroatoms. The molecule has 2 aromatic carbocycles. The van der Waals surface area contributed by atoms with Gasteiger partial charge >= 0.3 is 0 Å².